The van der Waals surface area contributed by atoms with Gasteiger partial charge < -0.3 is 15.0 Å². The average Bonchev–Trinajstić information content (AvgIpc) is 2.27. The molecule has 1 saturated heterocycles. The normalized spacial score (nSPS) is 21.2. The molecule has 0 saturated carbocycles. The van der Waals surface area contributed by atoms with Gasteiger partial charge in [-0.15, -0.1) is 0 Å². The molecule has 0 aromatic carbocycles. The van der Waals surface area contributed by atoms with Crippen LogP contribution in [-0.4, -0.2) is 76.4 Å². The van der Waals surface area contributed by atoms with E-state index in [1.165, 1.54) is 32.7 Å². The monoisotopic (exact) mass is 229 g/mol. The topological polar surface area (TPSA) is 27.7 Å². The zero-order chi connectivity index (χ0) is 11.8. The summed E-state index contributed by atoms with van der Waals surface area (Å²) in [5, 5.41) is 3.49. The van der Waals surface area contributed by atoms with Gasteiger partial charge in [-0.2, -0.15) is 0 Å². The average molecular weight is 229 g/mol. The van der Waals surface area contributed by atoms with Crippen LogP contribution in [0, 0.1) is 5.92 Å². The Kier molecular flexibility index (Phi) is 6.96. The molecule has 0 aliphatic carbocycles. The van der Waals surface area contributed by atoms with E-state index < -0.39 is 0 Å². The number of methoxy groups -OCH3 is 1. The van der Waals surface area contributed by atoms with Gasteiger partial charge in [0.1, 0.15) is 0 Å². The second-order valence-electron chi connectivity index (χ2n) is 4.91. The van der Waals surface area contributed by atoms with Crippen LogP contribution < -0.4 is 5.32 Å². The molecule has 0 aromatic rings. The first-order valence-electron chi connectivity index (χ1n) is 6.33. The summed E-state index contributed by atoms with van der Waals surface area (Å²) in [5.74, 6) is 0.609. The van der Waals surface area contributed by atoms with Crippen molar-refractivity contribution in [1.29, 1.82) is 0 Å². The Hall–Kier alpha value is -0.160. The molecule has 96 valence electrons. The fraction of sp³-hybridized carbons (Fsp3) is 1.00. The van der Waals surface area contributed by atoms with Crippen molar-refractivity contribution in [3.63, 3.8) is 0 Å². The summed E-state index contributed by atoms with van der Waals surface area (Å²) in [6.07, 6.45) is 0. The number of nitrogens with one attached hydrogen (secondary N) is 1. The van der Waals surface area contributed by atoms with Gasteiger partial charge in [0.25, 0.3) is 0 Å². The van der Waals surface area contributed by atoms with Crippen LogP contribution in [0.4, 0.5) is 0 Å². The van der Waals surface area contributed by atoms with Gasteiger partial charge in [-0.3, -0.25) is 4.90 Å². The second kappa shape index (κ2) is 8.01. The maximum atomic E-state index is 5.11. The number of ether oxygens (including phenoxy) is 1. The summed E-state index contributed by atoms with van der Waals surface area (Å²) >= 11 is 0. The van der Waals surface area contributed by atoms with Crippen molar-refractivity contribution in [1.82, 2.24) is 15.1 Å². The van der Waals surface area contributed by atoms with Gasteiger partial charge in [0.15, 0.2) is 0 Å². The number of hydrogen-bond acceptors (Lipinski definition) is 4. The van der Waals surface area contributed by atoms with Crippen LogP contribution >= 0.6 is 0 Å². The Labute approximate surface area is 99.9 Å². The predicted molar refractivity (Wildman–Crippen MR) is 67.8 cm³/mol. The van der Waals surface area contributed by atoms with Gasteiger partial charge >= 0.3 is 0 Å². The van der Waals surface area contributed by atoms with E-state index >= 15 is 0 Å². The quantitative estimate of drug-likeness (QED) is 0.627. The molecule has 1 unspecified atom stereocenters. The number of nitrogens with zero attached hydrogens (tertiary/aromatic N) is 2. The van der Waals surface area contributed by atoms with Gasteiger partial charge in [0, 0.05) is 53.0 Å². The molecule has 1 rings (SSSR count). The Morgan fingerprint density at radius 1 is 1.25 bits per heavy atom. The van der Waals surface area contributed by atoms with Gasteiger partial charge in [0.2, 0.25) is 0 Å². The molecule has 0 aromatic heterocycles. The molecule has 1 heterocycles. The number of piperazine rings is 1. The molecule has 4 heteroatoms. The lowest BCUT2D eigenvalue weighted by Crippen LogP contribution is -2.46. The number of hydrogen-bond donors (Lipinski definition) is 1. The smallest absolute Gasteiger partial charge is 0.0499 e. The highest BCUT2D eigenvalue weighted by Crippen LogP contribution is 1.97. The van der Waals surface area contributed by atoms with Crippen molar-refractivity contribution in [3.05, 3.63) is 0 Å². The highest BCUT2D eigenvalue weighted by atomic mass is 16.5. The molecule has 1 aliphatic rings. The van der Waals surface area contributed by atoms with Crippen LogP contribution in [0.5, 0.6) is 0 Å². The van der Waals surface area contributed by atoms with Crippen LogP contribution in [0.15, 0.2) is 0 Å². The van der Waals surface area contributed by atoms with E-state index in [0.717, 1.165) is 19.7 Å². The van der Waals surface area contributed by atoms with Crippen molar-refractivity contribution in [2.24, 2.45) is 5.92 Å². The number of likely N-dealkylation sites (N-methyl/N-ethyl adjacent to an activating group) is 1. The first-order chi connectivity index (χ1) is 7.72. The zero-order valence-corrected chi connectivity index (χ0v) is 11.0. The third-order valence-corrected chi connectivity index (χ3v) is 3.14. The molecule has 0 bridgehead atoms. The molecule has 1 N–H and O–H groups in total. The summed E-state index contributed by atoms with van der Waals surface area (Å²) < 4.78 is 5.11. The minimum Gasteiger partial charge on any atom is -0.384 e. The molecule has 0 spiro atoms. The van der Waals surface area contributed by atoms with Gasteiger partial charge in [0.05, 0.1) is 0 Å². The molecule has 4 nitrogen and oxygen atoms in total. The first kappa shape index (κ1) is 13.9. The molecule has 1 atom stereocenters. The molecule has 1 fully saturated rings. The van der Waals surface area contributed by atoms with E-state index in [4.69, 9.17) is 4.74 Å². The second-order valence-corrected chi connectivity index (χ2v) is 4.91. The molecule has 1 aliphatic heterocycles. The van der Waals surface area contributed by atoms with E-state index in [2.05, 4.69) is 29.1 Å². The van der Waals surface area contributed by atoms with Gasteiger partial charge in [-0.05, 0) is 19.5 Å². The molecular weight excluding hydrogens is 202 g/mol. The SMILES string of the molecule is COCC(C)CNCCN1CCN(C)CC1. The fourth-order valence-corrected chi connectivity index (χ4v) is 2.00. The maximum Gasteiger partial charge on any atom is 0.0499 e. The Morgan fingerprint density at radius 2 is 1.94 bits per heavy atom. The maximum absolute atomic E-state index is 5.11. The van der Waals surface area contributed by atoms with Crippen molar-refractivity contribution < 1.29 is 4.74 Å². The molecule has 0 amide bonds. The zero-order valence-electron chi connectivity index (χ0n) is 11.0. The van der Waals surface area contributed by atoms with Gasteiger partial charge in [-0.1, -0.05) is 6.92 Å². The fourth-order valence-electron chi connectivity index (χ4n) is 2.00. The first-order valence-corrected chi connectivity index (χ1v) is 6.33. The van der Waals surface area contributed by atoms with Crippen LogP contribution in [-0.2, 0) is 4.74 Å². The predicted octanol–water partition coefficient (Wildman–Crippen LogP) is 0.106. The molecule has 0 radical (unpaired) electrons. The summed E-state index contributed by atoms with van der Waals surface area (Å²) in [7, 11) is 3.96. The Morgan fingerprint density at radius 3 is 2.56 bits per heavy atom. The van der Waals surface area contributed by atoms with Crippen molar-refractivity contribution >= 4 is 0 Å². The van der Waals surface area contributed by atoms with Crippen molar-refractivity contribution in [2.75, 3.05) is 66.6 Å². The lowest BCUT2D eigenvalue weighted by molar-refractivity contribution is 0.147. The van der Waals surface area contributed by atoms with Gasteiger partial charge in [-0.25, -0.2) is 0 Å². The largest absolute Gasteiger partial charge is 0.384 e. The Bertz CT molecular complexity index is 170. The third kappa shape index (κ3) is 5.80. The summed E-state index contributed by atoms with van der Waals surface area (Å²) in [4.78, 5) is 4.93. The summed E-state index contributed by atoms with van der Waals surface area (Å²) in [5.41, 5.74) is 0. The van der Waals surface area contributed by atoms with Crippen LogP contribution in [0.3, 0.4) is 0 Å². The lowest BCUT2D eigenvalue weighted by Gasteiger charge is -2.32. The molecular formula is C12H27N3O. The third-order valence-electron chi connectivity index (χ3n) is 3.14. The minimum absolute atomic E-state index is 0.609. The minimum atomic E-state index is 0.609. The van der Waals surface area contributed by atoms with Crippen LogP contribution in [0.1, 0.15) is 6.92 Å². The molecule has 16 heavy (non-hydrogen) atoms. The number of rotatable bonds is 7. The van der Waals surface area contributed by atoms with Crippen LogP contribution in [0.25, 0.3) is 0 Å². The highest BCUT2D eigenvalue weighted by Gasteiger charge is 2.12. The Balaban J connectivity index is 1.95. The summed E-state index contributed by atoms with van der Waals surface area (Å²) in [6.45, 7) is 11.2. The van der Waals surface area contributed by atoms with Crippen LogP contribution in [0.2, 0.25) is 0 Å². The van der Waals surface area contributed by atoms with E-state index in [9.17, 15) is 0 Å². The lowest BCUT2D eigenvalue weighted by atomic mass is 10.2. The van der Waals surface area contributed by atoms with E-state index in [1.807, 2.05) is 0 Å². The van der Waals surface area contributed by atoms with E-state index in [0.29, 0.717) is 5.92 Å². The summed E-state index contributed by atoms with van der Waals surface area (Å²) in [6, 6.07) is 0. The standard InChI is InChI=1S/C12H27N3O/c1-12(11-16-3)10-13-4-5-15-8-6-14(2)7-9-15/h12-13H,4-11H2,1-3H3. The van der Waals surface area contributed by atoms with E-state index in [-0.39, 0.29) is 0 Å². The van der Waals surface area contributed by atoms with Crippen molar-refractivity contribution in [2.45, 2.75) is 6.92 Å². The van der Waals surface area contributed by atoms with E-state index in [1.54, 1.807) is 7.11 Å². The van der Waals surface area contributed by atoms with Crippen molar-refractivity contribution in [3.8, 4) is 0 Å². The highest BCUT2D eigenvalue weighted by molar-refractivity contribution is 4.70.